The lowest BCUT2D eigenvalue weighted by Gasteiger charge is -2.25. The van der Waals surface area contributed by atoms with E-state index in [9.17, 15) is 14.7 Å². The van der Waals surface area contributed by atoms with Crippen LogP contribution in [0.4, 0.5) is 5.69 Å². The van der Waals surface area contributed by atoms with Crippen molar-refractivity contribution in [3.63, 3.8) is 0 Å². The van der Waals surface area contributed by atoms with Crippen molar-refractivity contribution in [3.05, 3.63) is 64.7 Å². The number of methoxy groups -OCH3 is 1. The molecular weight excluding hydrogens is 420 g/mol. The molecule has 0 aromatic heterocycles. The average molecular weight is 453 g/mol. The number of aliphatic hydroxyl groups excluding tert-OH is 1. The molecule has 1 saturated heterocycles. The van der Waals surface area contributed by atoms with Gasteiger partial charge in [0.25, 0.3) is 11.7 Å². The number of carbonyl (C=O) groups is 2. The predicted molar refractivity (Wildman–Crippen MR) is 129 cm³/mol. The fraction of sp³-hybridized carbons (Fsp3) is 0.385. The summed E-state index contributed by atoms with van der Waals surface area (Å²) in [6.45, 7) is 6.27. The number of carbonyl (C=O) groups excluding carboxylic acids is 2. The number of hydrogen-bond acceptors (Lipinski definition) is 6. The topological polar surface area (TPSA) is 79.3 Å². The van der Waals surface area contributed by atoms with E-state index in [0.717, 1.165) is 16.8 Å². The van der Waals surface area contributed by atoms with Gasteiger partial charge in [0.1, 0.15) is 11.5 Å². The van der Waals surface area contributed by atoms with Gasteiger partial charge in [-0.1, -0.05) is 12.1 Å². The van der Waals surface area contributed by atoms with Crippen molar-refractivity contribution in [3.8, 4) is 5.75 Å². The highest BCUT2D eigenvalue weighted by molar-refractivity contribution is 6.46. The lowest BCUT2D eigenvalue weighted by molar-refractivity contribution is -0.140. The van der Waals surface area contributed by atoms with Crippen LogP contribution in [0.5, 0.6) is 5.75 Å². The van der Waals surface area contributed by atoms with E-state index < -0.39 is 17.7 Å². The molecule has 0 bridgehead atoms. The van der Waals surface area contributed by atoms with Crippen molar-refractivity contribution < 1.29 is 24.2 Å². The maximum atomic E-state index is 13.1. The molecule has 1 heterocycles. The number of nitrogens with zero attached hydrogens (tertiary/aromatic N) is 2. The quantitative estimate of drug-likeness (QED) is 0.372. The van der Waals surface area contributed by atoms with E-state index in [0.29, 0.717) is 11.3 Å². The molecule has 0 aliphatic carbocycles. The maximum Gasteiger partial charge on any atom is 0.295 e. The molecule has 1 atom stereocenters. The van der Waals surface area contributed by atoms with Gasteiger partial charge >= 0.3 is 0 Å². The number of benzene rings is 2. The van der Waals surface area contributed by atoms with Crippen LogP contribution in [0.15, 0.2) is 48.0 Å². The molecule has 2 aromatic rings. The van der Waals surface area contributed by atoms with Crippen LogP contribution in [0, 0.1) is 6.92 Å². The molecule has 1 unspecified atom stereocenters. The maximum absolute atomic E-state index is 13.1. The Morgan fingerprint density at radius 2 is 1.79 bits per heavy atom. The van der Waals surface area contributed by atoms with Crippen molar-refractivity contribution in [1.82, 2.24) is 4.90 Å². The summed E-state index contributed by atoms with van der Waals surface area (Å²) in [5.74, 6) is -0.843. The van der Waals surface area contributed by atoms with Gasteiger partial charge < -0.3 is 24.4 Å². The highest BCUT2D eigenvalue weighted by Gasteiger charge is 2.45. The number of aryl methyl sites for hydroxylation is 1. The van der Waals surface area contributed by atoms with Crippen LogP contribution >= 0.6 is 0 Å². The second-order valence-electron chi connectivity index (χ2n) is 8.62. The van der Waals surface area contributed by atoms with Gasteiger partial charge in [0.2, 0.25) is 0 Å². The smallest absolute Gasteiger partial charge is 0.295 e. The van der Waals surface area contributed by atoms with Crippen LogP contribution in [0.25, 0.3) is 5.76 Å². The lowest BCUT2D eigenvalue weighted by atomic mass is 9.94. The van der Waals surface area contributed by atoms with Crippen LogP contribution in [-0.4, -0.2) is 62.2 Å². The fourth-order valence-corrected chi connectivity index (χ4v) is 3.94. The standard InChI is InChI=1S/C26H32N2O5/c1-16(2)33-21-12-9-19(15-17(21)3)24(29)22-23(18-7-10-20(11-8-18)27(4)5)28(13-14-32-6)26(31)25(22)30/h7-12,15-16,23,29H,13-14H2,1-6H3/b24-22-. The Morgan fingerprint density at radius 3 is 2.33 bits per heavy atom. The van der Waals surface area contributed by atoms with E-state index in [-0.39, 0.29) is 30.6 Å². The first-order valence-corrected chi connectivity index (χ1v) is 11.0. The molecule has 176 valence electrons. The Balaban J connectivity index is 2.11. The number of hydrogen-bond donors (Lipinski definition) is 1. The largest absolute Gasteiger partial charge is 0.507 e. The second kappa shape index (κ2) is 10.1. The molecular formula is C26H32N2O5. The van der Waals surface area contributed by atoms with Gasteiger partial charge in [0.05, 0.1) is 24.3 Å². The second-order valence-corrected chi connectivity index (χ2v) is 8.62. The molecule has 0 radical (unpaired) electrons. The number of aliphatic hydroxyl groups is 1. The number of ketones is 1. The third kappa shape index (κ3) is 5.03. The lowest BCUT2D eigenvalue weighted by Crippen LogP contribution is -2.32. The zero-order chi connectivity index (χ0) is 24.3. The molecule has 2 aromatic carbocycles. The molecule has 1 amide bonds. The number of likely N-dealkylation sites (tertiary alicyclic amines) is 1. The van der Waals surface area contributed by atoms with Gasteiger partial charge in [-0.25, -0.2) is 0 Å². The predicted octanol–water partition coefficient (Wildman–Crippen LogP) is 3.92. The molecule has 3 rings (SSSR count). The minimum Gasteiger partial charge on any atom is -0.507 e. The summed E-state index contributed by atoms with van der Waals surface area (Å²) in [5, 5.41) is 11.2. The van der Waals surface area contributed by atoms with E-state index in [2.05, 4.69) is 0 Å². The van der Waals surface area contributed by atoms with E-state index in [4.69, 9.17) is 9.47 Å². The highest BCUT2D eigenvalue weighted by atomic mass is 16.5. The van der Waals surface area contributed by atoms with Gasteiger partial charge in [-0.2, -0.15) is 0 Å². The van der Waals surface area contributed by atoms with Crippen molar-refractivity contribution in [2.24, 2.45) is 0 Å². The summed E-state index contributed by atoms with van der Waals surface area (Å²) >= 11 is 0. The van der Waals surface area contributed by atoms with Gasteiger partial charge in [0, 0.05) is 39.0 Å². The van der Waals surface area contributed by atoms with Crippen LogP contribution in [-0.2, 0) is 14.3 Å². The minimum atomic E-state index is -0.705. The van der Waals surface area contributed by atoms with Gasteiger partial charge in [0.15, 0.2) is 0 Å². The number of Topliss-reactive ketones (excluding diaryl/α,β-unsaturated/α-hetero) is 1. The molecule has 7 heteroatoms. The van der Waals surface area contributed by atoms with Crippen molar-refractivity contribution in [2.45, 2.75) is 32.9 Å². The monoisotopic (exact) mass is 452 g/mol. The Kier molecular flexibility index (Phi) is 7.43. The Hall–Kier alpha value is -3.32. The summed E-state index contributed by atoms with van der Waals surface area (Å²) in [4.78, 5) is 29.4. The molecule has 1 N–H and O–H groups in total. The molecule has 0 saturated carbocycles. The molecule has 1 aliphatic rings. The Labute approximate surface area is 195 Å². The van der Waals surface area contributed by atoms with Crippen LogP contribution in [0.3, 0.4) is 0 Å². The average Bonchev–Trinajstić information content (AvgIpc) is 3.03. The number of anilines is 1. The first kappa shape index (κ1) is 24.3. The van der Waals surface area contributed by atoms with E-state index in [1.807, 2.05) is 64.0 Å². The summed E-state index contributed by atoms with van der Waals surface area (Å²) in [6.07, 6.45) is 0.0133. The summed E-state index contributed by atoms with van der Waals surface area (Å²) in [5.41, 5.74) is 3.10. The molecule has 0 spiro atoms. The highest BCUT2D eigenvalue weighted by Crippen LogP contribution is 2.40. The number of amides is 1. The number of ether oxygens (including phenoxy) is 2. The van der Waals surface area contributed by atoms with Crippen molar-refractivity contribution >= 4 is 23.1 Å². The van der Waals surface area contributed by atoms with Crippen LogP contribution in [0.1, 0.15) is 36.6 Å². The van der Waals surface area contributed by atoms with Crippen molar-refractivity contribution in [1.29, 1.82) is 0 Å². The zero-order valence-electron chi connectivity index (χ0n) is 20.1. The summed E-state index contributed by atoms with van der Waals surface area (Å²) in [7, 11) is 5.42. The van der Waals surface area contributed by atoms with E-state index >= 15 is 0 Å². The Bertz CT molecular complexity index is 1060. The van der Waals surface area contributed by atoms with Gasteiger partial charge in [-0.3, -0.25) is 9.59 Å². The summed E-state index contributed by atoms with van der Waals surface area (Å²) in [6, 6.07) is 12.1. The number of rotatable bonds is 8. The first-order chi connectivity index (χ1) is 15.6. The fourth-order valence-electron chi connectivity index (χ4n) is 3.94. The third-order valence-electron chi connectivity index (χ3n) is 5.61. The van der Waals surface area contributed by atoms with Crippen molar-refractivity contribution in [2.75, 3.05) is 39.3 Å². The van der Waals surface area contributed by atoms with Gasteiger partial charge in [-0.05, 0) is 62.2 Å². The first-order valence-electron chi connectivity index (χ1n) is 11.0. The van der Waals surface area contributed by atoms with Gasteiger partial charge in [-0.15, -0.1) is 0 Å². The normalized spacial score (nSPS) is 17.7. The minimum absolute atomic E-state index is 0.0133. The van der Waals surface area contributed by atoms with E-state index in [1.165, 1.54) is 4.90 Å². The molecule has 7 nitrogen and oxygen atoms in total. The Morgan fingerprint density at radius 1 is 1.12 bits per heavy atom. The summed E-state index contributed by atoms with van der Waals surface area (Å²) < 4.78 is 10.9. The SMILES string of the molecule is COCCN1C(=O)C(=O)/C(=C(\O)c2ccc(OC(C)C)c(C)c2)C1c1ccc(N(C)C)cc1. The molecule has 1 fully saturated rings. The molecule has 33 heavy (non-hydrogen) atoms. The van der Waals surface area contributed by atoms with Crippen LogP contribution < -0.4 is 9.64 Å². The third-order valence-corrected chi connectivity index (χ3v) is 5.61. The molecule has 1 aliphatic heterocycles. The zero-order valence-corrected chi connectivity index (χ0v) is 20.1. The van der Waals surface area contributed by atoms with Crippen LogP contribution in [0.2, 0.25) is 0 Å². The van der Waals surface area contributed by atoms with E-state index in [1.54, 1.807) is 25.3 Å².